The van der Waals surface area contributed by atoms with Crippen molar-refractivity contribution in [3.05, 3.63) is 46.0 Å². The van der Waals surface area contributed by atoms with Crippen LogP contribution in [-0.4, -0.2) is 79.4 Å². The van der Waals surface area contributed by atoms with Crippen LogP contribution in [0.25, 0.3) is 11.2 Å². The SMILES string of the molecule is Nc1ncnc2c1ncn2[C@@H]1O[C@H](CSCCNS(=O)(=O)c2ccc(Cl)cc2[N+](=O)[O-])[C@@H](O)[C@H]1O. The van der Waals surface area contributed by atoms with Crippen molar-refractivity contribution in [3.63, 3.8) is 0 Å². The van der Waals surface area contributed by atoms with Gasteiger partial charge in [-0.2, -0.15) is 11.8 Å². The van der Waals surface area contributed by atoms with Crippen LogP contribution in [0.4, 0.5) is 11.5 Å². The molecule has 0 amide bonds. The highest BCUT2D eigenvalue weighted by atomic mass is 35.5. The molecule has 1 saturated heterocycles. The Labute approximate surface area is 207 Å². The summed E-state index contributed by atoms with van der Waals surface area (Å²) in [6.07, 6.45) is -1.56. The van der Waals surface area contributed by atoms with Crippen LogP contribution in [0.15, 0.2) is 35.7 Å². The van der Waals surface area contributed by atoms with Gasteiger partial charge in [-0.05, 0) is 12.1 Å². The largest absolute Gasteiger partial charge is 0.387 e. The van der Waals surface area contributed by atoms with Crippen LogP contribution in [0.3, 0.4) is 0 Å². The third kappa shape index (κ3) is 5.18. The predicted octanol–water partition coefficient (Wildman–Crippen LogP) is 0.301. The van der Waals surface area contributed by atoms with Crippen LogP contribution in [0.1, 0.15) is 6.23 Å². The van der Waals surface area contributed by atoms with Gasteiger partial charge in [0.1, 0.15) is 24.1 Å². The minimum absolute atomic E-state index is 0.0378. The first-order chi connectivity index (χ1) is 16.6. The molecule has 188 valence electrons. The van der Waals surface area contributed by atoms with E-state index in [0.29, 0.717) is 11.2 Å². The lowest BCUT2D eigenvalue weighted by Gasteiger charge is -2.16. The lowest BCUT2D eigenvalue weighted by molar-refractivity contribution is -0.387. The average molecular weight is 546 g/mol. The molecule has 4 rings (SSSR count). The standard InChI is InChI=1S/C18H20ClN7O7S2/c19-9-1-2-12(10(5-9)26(29)30)35(31,32)24-3-4-34-6-11-14(27)15(28)18(33-11)25-8-23-13-16(20)21-7-22-17(13)25/h1-2,5,7-8,11,14-15,18,24,27-28H,3-4,6H2,(H2,20,21,22)/t11-,14-,15-,18-/m1/s1. The molecule has 0 unspecified atom stereocenters. The number of benzene rings is 1. The van der Waals surface area contributed by atoms with Crippen LogP contribution in [0, 0.1) is 10.1 Å². The number of sulfonamides is 1. The molecule has 1 aliphatic rings. The lowest BCUT2D eigenvalue weighted by atomic mass is 10.1. The van der Waals surface area contributed by atoms with E-state index in [1.54, 1.807) is 0 Å². The minimum atomic E-state index is -4.15. The molecule has 3 heterocycles. The molecule has 0 aliphatic carbocycles. The quantitative estimate of drug-likeness (QED) is 0.162. The summed E-state index contributed by atoms with van der Waals surface area (Å²) in [6.45, 7) is -0.0378. The first-order valence-corrected chi connectivity index (χ1v) is 13.1. The Kier molecular flexibility index (Phi) is 7.41. The van der Waals surface area contributed by atoms with E-state index in [-0.39, 0.29) is 28.9 Å². The lowest BCUT2D eigenvalue weighted by Crippen LogP contribution is -2.33. The molecule has 17 heteroatoms. The topological polar surface area (TPSA) is 209 Å². The number of aromatic nitrogens is 4. The number of aliphatic hydroxyl groups is 2. The number of nitrogens with zero attached hydrogens (tertiary/aromatic N) is 5. The van der Waals surface area contributed by atoms with Crippen LogP contribution in [0.2, 0.25) is 5.02 Å². The molecule has 1 aromatic carbocycles. The van der Waals surface area contributed by atoms with E-state index in [2.05, 4.69) is 19.7 Å². The molecule has 35 heavy (non-hydrogen) atoms. The number of nitrogens with one attached hydrogen (secondary N) is 1. The number of nitro benzene ring substituents is 1. The molecule has 2 aromatic heterocycles. The molecule has 14 nitrogen and oxygen atoms in total. The number of hydrogen-bond acceptors (Lipinski definition) is 12. The third-order valence-corrected chi connectivity index (χ3v) is 8.03. The summed E-state index contributed by atoms with van der Waals surface area (Å²) >= 11 is 6.99. The fourth-order valence-corrected chi connectivity index (χ4v) is 5.94. The number of aliphatic hydroxyl groups excluding tert-OH is 2. The maximum Gasteiger partial charge on any atom is 0.290 e. The molecule has 0 saturated carbocycles. The molecule has 0 radical (unpaired) electrons. The Morgan fingerprint density at radius 3 is 2.80 bits per heavy atom. The van der Waals surface area contributed by atoms with Crippen molar-refractivity contribution in [1.82, 2.24) is 24.2 Å². The molecule has 3 aromatic rings. The summed E-state index contributed by atoms with van der Waals surface area (Å²) in [5.41, 5.74) is 5.83. The number of anilines is 1. The zero-order valence-electron chi connectivity index (χ0n) is 17.8. The van der Waals surface area contributed by atoms with Gasteiger partial charge in [-0.15, -0.1) is 0 Å². The van der Waals surface area contributed by atoms with E-state index in [1.807, 2.05) is 0 Å². The maximum atomic E-state index is 12.5. The van der Waals surface area contributed by atoms with Gasteiger partial charge < -0.3 is 20.7 Å². The zero-order valence-corrected chi connectivity index (χ0v) is 20.1. The van der Waals surface area contributed by atoms with Crippen molar-refractivity contribution >= 4 is 56.1 Å². The average Bonchev–Trinajstić information content (AvgIpc) is 3.35. The van der Waals surface area contributed by atoms with Crippen LogP contribution >= 0.6 is 23.4 Å². The number of halogens is 1. The van der Waals surface area contributed by atoms with Crippen molar-refractivity contribution < 1.29 is 28.3 Å². The number of hydrogen-bond donors (Lipinski definition) is 4. The molecule has 0 spiro atoms. The Balaban J connectivity index is 1.33. The fraction of sp³-hybridized carbons (Fsp3) is 0.389. The fourth-order valence-electron chi connectivity index (χ4n) is 3.54. The third-order valence-electron chi connectivity index (χ3n) is 5.23. The maximum absolute atomic E-state index is 12.5. The van der Waals surface area contributed by atoms with Crippen molar-refractivity contribution in [3.8, 4) is 0 Å². The molecular formula is C18H20ClN7O7S2. The number of fused-ring (bicyclic) bond motifs is 1. The highest BCUT2D eigenvalue weighted by molar-refractivity contribution is 7.99. The van der Waals surface area contributed by atoms with Gasteiger partial charge in [0.15, 0.2) is 22.6 Å². The molecular weight excluding hydrogens is 526 g/mol. The molecule has 0 bridgehead atoms. The highest BCUT2D eigenvalue weighted by Crippen LogP contribution is 2.33. The number of nitro groups is 1. The first kappa shape index (κ1) is 25.5. The summed E-state index contributed by atoms with van der Waals surface area (Å²) in [5.74, 6) is 0.674. The number of nitrogens with two attached hydrogens (primary N) is 1. The smallest absolute Gasteiger partial charge is 0.290 e. The normalized spacial score (nSPS) is 22.6. The van der Waals surface area contributed by atoms with Crippen molar-refractivity contribution in [2.45, 2.75) is 29.4 Å². The first-order valence-electron chi connectivity index (χ1n) is 10.1. The Morgan fingerprint density at radius 1 is 1.29 bits per heavy atom. The van der Waals surface area contributed by atoms with E-state index in [1.165, 1.54) is 35.0 Å². The number of nitrogen functional groups attached to an aromatic ring is 1. The predicted molar refractivity (Wildman–Crippen MR) is 126 cm³/mol. The second-order valence-electron chi connectivity index (χ2n) is 7.47. The van der Waals surface area contributed by atoms with Crippen molar-refractivity contribution in [2.75, 3.05) is 23.8 Å². The number of rotatable bonds is 9. The van der Waals surface area contributed by atoms with Crippen molar-refractivity contribution in [2.24, 2.45) is 0 Å². The van der Waals surface area contributed by atoms with Gasteiger partial charge in [0, 0.05) is 29.1 Å². The molecule has 4 atom stereocenters. The van der Waals surface area contributed by atoms with E-state index in [9.17, 15) is 28.7 Å². The van der Waals surface area contributed by atoms with Crippen LogP contribution in [0.5, 0.6) is 0 Å². The van der Waals surface area contributed by atoms with Gasteiger partial charge in [-0.1, -0.05) is 11.6 Å². The second kappa shape index (κ2) is 10.2. The van der Waals surface area contributed by atoms with Gasteiger partial charge in [-0.3, -0.25) is 14.7 Å². The van der Waals surface area contributed by atoms with E-state index in [0.717, 1.165) is 12.1 Å². The van der Waals surface area contributed by atoms with Crippen LogP contribution in [-0.2, 0) is 14.8 Å². The van der Waals surface area contributed by atoms with Gasteiger partial charge >= 0.3 is 0 Å². The molecule has 5 N–H and O–H groups in total. The Hall–Kier alpha value is -2.60. The Bertz CT molecular complexity index is 1360. The minimum Gasteiger partial charge on any atom is -0.387 e. The van der Waals surface area contributed by atoms with Crippen LogP contribution < -0.4 is 10.5 Å². The van der Waals surface area contributed by atoms with Gasteiger partial charge in [-0.25, -0.2) is 28.1 Å². The summed E-state index contributed by atoms with van der Waals surface area (Å²) in [7, 11) is -4.15. The van der Waals surface area contributed by atoms with E-state index < -0.39 is 50.1 Å². The van der Waals surface area contributed by atoms with Gasteiger partial charge in [0.25, 0.3) is 5.69 Å². The summed E-state index contributed by atoms with van der Waals surface area (Å²) < 4.78 is 34.6. The summed E-state index contributed by atoms with van der Waals surface area (Å²) in [5, 5.41) is 32.1. The van der Waals surface area contributed by atoms with E-state index >= 15 is 0 Å². The Morgan fingerprint density at radius 2 is 2.06 bits per heavy atom. The molecule has 1 fully saturated rings. The second-order valence-corrected chi connectivity index (χ2v) is 10.8. The molecule has 1 aliphatic heterocycles. The zero-order chi connectivity index (χ0) is 25.3. The van der Waals surface area contributed by atoms with Gasteiger partial charge in [0.2, 0.25) is 10.0 Å². The number of ether oxygens (including phenoxy) is 1. The monoisotopic (exact) mass is 545 g/mol. The summed E-state index contributed by atoms with van der Waals surface area (Å²) in [6, 6.07) is 3.29. The number of imidazole rings is 1. The van der Waals surface area contributed by atoms with Gasteiger partial charge in [0.05, 0.1) is 17.4 Å². The summed E-state index contributed by atoms with van der Waals surface area (Å²) in [4.78, 5) is 21.9. The van der Waals surface area contributed by atoms with E-state index in [4.69, 9.17) is 22.1 Å². The highest BCUT2D eigenvalue weighted by Gasteiger charge is 2.44. The van der Waals surface area contributed by atoms with Crippen molar-refractivity contribution in [1.29, 1.82) is 0 Å². The number of thioether (sulfide) groups is 1.